The zero-order valence-corrected chi connectivity index (χ0v) is 18.6. The number of hydrogen-bond donors (Lipinski definition) is 1. The van der Waals surface area contributed by atoms with Gasteiger partial charge in [0.1, 0.15) is 17.5 Å². The monoisotopic (exact) mass is 432 g/mol. The summed E-state index contributed by atoms with van der Waals surface area (Å²) in [7, 11) is 1.59. The lowest BCUT2D eigenvalue weighted by atomic mass is 10.1. The van der Waals surface area contributed by atoms with E-state index < -0.39 is 6.04 Å². The van der Waals surface area contributed by atoms with Gasteiger partial charge in [0, 0.05) is 17.6 Å². The van der Waals surface area contributed by atoms with Crippen LogP contribution in [0.1, 0.15) is 32.8 Å². The second kappa shape index (κ2) is 11.5. The molecule has 2 aromatic rings. The van der Waals surface area contributed by atoms with Gasteiger partial charge in [-0.2, -0.15) is 0 Å². The molecule has 1 N–H and O–H groups in total. The highest BCUT2D eigenvalue weighted by atomic mass is 35.5. The van der Waals surface area contributed by atoms with Crippen molar-refractivity contribution in [2.75, 3.05) is 13.7 Å². The fraction of sp³-hybridized carbons (Fsp3) is 0.391. The fourth-order valence-corrected chi connectivity index (χ4v) is 2.98. The minimum Gasteiger partial charge on any atom is -0.497 e. The van der Waals surface area contributed by atoms with Gasteiger partial charge in [-0.3, -0.25) is 9.59 Å². The summed E-state index contributed by atoms with van der Waals surface area (Å²) >= 11 is 5.97. The minimum atomic E-state index is -0.666. The van der Waals surface area contributed by atoms with Gasteiger partial charge in [-0.15, -0.1) is 0 Å². The molecule has 2 amide bonds. The topological polar surface area (TPSA) is 67.9 Å². The van der Waals surface area contributed by atoms with Crippen molar-refractivity contribution in [3.8, 4) is 11.5 Å². The Morgan fingerprint density at radius 3 is 2.47 bits per heavy atom. The van der Waals surface area contributed by atoms with Gasteiger partial charge in [0.05, 0.1) is 7.11 Å². The number of carbonyl (C=O) groups is 2. The van der Waals surface area contributed by atoms with Gasteiger partial charge in [-0.25, -0.2) is 0 Å². The zero-order chi connectivity index (χ0) is 22.1. The molecular weight excluding hydrogens is 404 g/mol. The molecule has 0 spiro atoms. The van der Waals surface area contributed by atoms with E-state index >= 15 is 0 Å². The summed E-state index contributed by atoms with van der Waals surface area (Å²) < 4.78 is 10.9. The lowest BCUT2D eigenvalue weighted by Gasteiger charge is -2.29. The van der Waals surface area contributed by atoms with E-state index in [-0.39, 0.29) is 31.0 Å². The molecule has 0 saturated heterocycles. The summed E-state index contributed by atoms with van der Waals surface area (Å²) in [5, 5.41) is 3.46. The highest BCUT2D eigenvalue weighted by Crippen LogP contribution is 2.19. The number of amides is 2. The van der Waals surface area contributed by atoms with E-state index in [9.17, 15) is 9.59 Å². The van der Waals surface area contributed by atoms with Crippen molar-refractivity contribution in [3.05, 3.63) is 59.1 Å². The summed E-state index contributed by atoms with van der Waals surface area (Å²) in [5.74, 6) is 0.675. The van der Waals surface area contributed by atoms with Crippen molar-refractivity contribution >= 4 is 23.4 Å². The number of halogens is 1. The number of nitrogens with one attached hydrogen (secondary N) is 1. The summed E-state index contributed by atoms with van der Waals surface area (Å²) in [4.78, 5) is 27.2. The average Bonchev–Trinajstić information content (AvgIpc) is 2.75. The number of methoxy groups -OCH3 is 1. The lowest BCUT2D eigenvalue weighted by Crippen LogP contribution is -2.50. The first-order chi connectivity index (χ1) is 14.3. The molecule has 0 bridgehead atoms. The van der Waals surface area contributed by atoms with Crippen LogP contribution in [0.15, 0.2) is 48.5 Å². The molecule has 0 aliphatic heterocycles. The lowest BCUT2D eigenvalue weighted by molar-refractivity contribution is -0.142. The van der Waals surface area contributed by atoms with Crippen LogP contribution in [0, 0.1) is 0 Å². The van der Waals surface area contributed by atoms with E-state index in [1.54, 1.807) is 38.3 Å². The molecular formula is C23H29ClN2O4. The second-order valence-corrected chi connectivity index (χ2v) is 7.55. The Morgan fingerprint density at radius 2 is 1.80 bits per heavy atom. The van der Waals surface area contributed by atoms with Crippen LogP contribution in [0.5, 0.6) is 11.5 Å². The highest BCUT2D eigenvalue weighted by molar-refractivity contribution is 6.30. The quantitative estimate of drug-likeness (QED) is 0.614. The van der Waals surface area contributed by atoms with Crippen molar-refractivity contribution in [2.24, 2.45) is 0 Å². The molecule has 162 valence electrons. The molecule has 7 heteroatoms. The van der Waals surface area contributed by atoms with Crippen LogP contribution in [-0.4, -0.2) is 42.5 Å². The summed E-state index contributed by atoms with van der Waals surface area (Å²) in [6.45, 7) is 5.69. The summed E-state index contributed by atoms with van der Waals surface area (Å²) in [6, 6.07) is 13.6. The molecule has 0 radical (unpaired) electrons. The van der Waals surface area contributed by atoms with E-state index in [1.165, 1.54) is 4.90 Å². The number of hydrogen-bond acceptors (Lipinski definition) is 4. The molecule has 30 heavy (non-hydrogen) atoms. The Hall–Kier alpha value is -2.73. The standard InChI is InChI=1S/C23H29ClN2O4/c1-5-16(2)25-23(28)17(3)26(14-18-8-6-10-20(12-18)29-4)22(27)15-30-21-11-7-9-19(24)13-21/h6-13,16-17H,5,14-15H2,1-4H3,(H,25,28). The largest absolute Gasteiger partial charge is 0.497 e. The molecule has 0 saturated carbocycles. The van der Waals surface area contributed by atoms with Gasteiger partial charge in [-0.05, 0) is 56.2 Å². The molecule has 0 heterocycles. The molecule has 2 atom stereocenters. The molecule has 0 aliphatic carbocycles. The number of ether oxygens (including phenoxy) is 2. The van der Waals surface area contributed by atoms with Crippen molar-refractivity contribution in [1.82, 2.24) is 10.2 Å². The van der Waals surface area contributed by atoms with Crippen LogP contribution in [0.25, 0.3) is 0 Å². The highest BCUT2D eigenvalue weighted by Gasteiger charge is 2.27. The van der Waals surface area contributed by atoms with Crippen molar-refractivity contribution in [3.63, 3.8) is 0 Å². The van der Waals surface area contributed by atoms with Crippen molar-refractivity contribution in [2.45, 2.75) is 45.8 Å². The van der Waals surface area contributed by atoms with Crippen LogP contribution in [0.4, 0.5) is 0 Å². The predicted molar refractivity (Wildman–Crippen MR) is 118 cm³/mol. The third kappa shape index (κ3) is 6.95. The van der Waals surface area contributed by atoms with Crippen molar-refractivity contribution in [1.29, 1.82) is 0 Å². The van der Waals surface area contributed by atoms with Gasteiger partial charge in [0.15, 0.2) is 6.61 Å². The van der Waals surface area contributed by atoms with Crippen LogP contribution in [-0.2, 0) is 16.1 Å². The third-order valence-electron chi connectivity index (χ3n) is 4.81. The maximum atomic E-state index is 13.0. The Morgan fingerprint density at radius 1 is 1.10 bits per heavy atom. The van der Waals surface area contributed by atoms with Crippen LogP contribution in [0.2, 0.25) is 5.02 Å². The van der Waals surface area contributed by atoms with Gasteiger partial charge in [0.2, 0.25) is 5.91 Å². The smallest absolute Gasteiger partial charge is 0.261 e. The second-order valence-electron chi connectivity index (χ2n) is 7.11. The number of benzene rings is 2. The van der Waals surface area contributed by atoms with E-state index in [0.717, 1.165) is 12.0 Å². The third-order valence-corrected chi connectivity index (χ3v) is 5.05. The SMILES string of the molecule is CCC(C)NC(=O)C(C)N(Cc1cccc(OC)c1)C(=O)COc1cccc(Cl)c1. The first-order valence-corrected chi connectivity index (χ1v) is 10.3. The Labute approximate surface area is 183 Å². The molecule has 2 rings (SSSR count). The molecule has 2 unspecified atom stereocenters. The fourth-order valence-electron chi connectivity index (χ4n) is 2.80. The van der Waals surface area contributed by atoms with Gasteiger partial charge in [-0.1, -0.05) is 36.7 Å². The zero-order valence-electron chi connectivity index (χ0n) is 17.9. The van der Waals surface area contributed by atoms with Crippen molar-refractivity contribution < 1.29 is 19.1 Å². The van der Waals surface area contributed by atoms with Gasteiger partial charge in [0.25, 0.3) is 5.91 Å². The molecule has 2 aromatic carbocycles. The van der Waals surface area contributed by atoms with Gasteiger partial charge < -0.3 is 19.7 Å². The normalized spacial score (nSPS) is 12.6. The maximum absolute atomic E-state index is 13.0. The maximum Gasteiger partial charge on any atom is 0.261 e. The Kier molecular flexibility index (Phi) is 8.99. The first-order valence-electron chi connectivity index (χ1n) is 9.95. The molecule has 0 aromatic heterocycles. The first kappa shape index (κ1) is 23.5. The van der Waals surface area contributed by atoms with Crippen LogP contribution >= 0.6 is 11.6 Å². The van der Waals surface area contributed by atoms with E-state index in [1.807, 2.05) is 38.1 Å². The molecule has 0 aliphatic rings. The molecule has 6 nitrogen and oxygen atoms in total. The number of carbonyl (C=O) groups excluding carboxylic acids is 2. The van der Waals surface area contributed by atoms with E-state index in [0.29, 0.717) is 16.5 Å². The average molecular weight is 433 g/mol. The Bertz CT molecular complexity index is 859. The number of rotatable bonds is 10. The van der Waals surface area contributed by atoms with Crippen LogP contribution in [0.3, 0.4) is 0 Å². The predicted octanol–water partition coefficient (Wildman–Crippen LogP) is 4.06. The summed E-state index contributed by atoms with van der Waals surface area (Å²) in [6.07, 6.45) is 0.806. The minimum absolute atomic E-state index is 0.0245. The van der Waals surface area contributed by atoms with E-state index in [4.69, 9.17) is 21.1 Å². The van der Waals surface area contributed by atoms with Crippen LogP contribution < -0.4 is 14.8 Å². The number of nitrogens with zero attached hydrogens (tertiary/aromatic N) is 1. The molecule has 0 fully saturated rings. The van der Waals surface area contributed by atoms with Gasteiger partial charge >= 0.3 is 0 Å². The van der Waals surface area contributed by atoms with E-state index in [2.05, 4.69) is 5.32 Å². The Balaban J connectivity index is 2.17. The summed E-state index contributed by atoms with van der Waals surface area (Å²) in [5.41, 5.74) is 0.855.